The summed E-state index contributed by atoms with van der Waals surface area (Å²) in [5.74, 6) is -0.248. The number of carbonyl (C=O) groups is 1. The number of hydrogen-bond donors (Lipinski definition) is 9. The minimum absolute atomic E-state index is 0.248. The Morgan fingerprint density at radius 3 is 1.21 bits per heavy atom. The quantitative estimate of drug-likeness (QED) is 0.0204. The van der Waals surface area contributed by atoms with Crippen molar-refractivity contribution < 1.29 is 64.6 Å². The lowest BCUT2D eigenvalue weighted by Gasteiger charge is -2.46. The molecule has 12 atom stereocenters. The fourth-order valence-electron chi connectivity index (χ4n) is 11.2. The molecule has 12 unspecified atom stereocenters. The largest absolute Gasteiger partial charge is 0.394 e. The first kappa shape index (κ1) is 75.3. The highest BCUT2D eigenvalue weighted by atomic mass is 16.7. The monoisotopic (exact) mass is 1150 g/mol. The van der Waals surface area contributed by atoms with E-state index in [2.05, 4.69) is 43.5 Å². The van der Waals surface area contributed by atoms with Crippen LogP contribution in [0.3, 0.4) is 0 Å². The van der Waals surface area contributed by atoms with Gasteiger partial charge in [-0.2, -0.15) is 0 Å². The van der Waals surface area contributed by atoms with Gasteiger partial charge < -0.3 is 65.1 Å². The molecular weight excluding hydrogens is 1030 g/mol. The molecule has 81 heavy (non-hydrogen) atoms. The Hall–Kier alpha value is -1.79. The molecule has 1 amide bonds. The molecule has 2 saturated heterocycles. The molecule has 2 aliphatic rings. The fraction of sp³-hybridized carbons (Fsp3) is 0.896. The third kappa shape index (κ3) is 37.4. The SMILES string of the molecule is CCCCCCCC/C=C/CC/C=C/CC/C=C/C(O)C(COC1OC(CO)C(OC2OC(CO)C(O)C(O)C2O)C(O)C1O)NC(=O)CCCCCCCCCCCCCCCCCCCCCCCCCCCCCCCCC. The van der Waals surface area contributed by atoms with Gasteiger partial charge in [0.2, 0.25) is 5.91 Å². The third-order valence-corrected chi connectivity index (χ3v) is 16.6. The predicted molar refractivity (Wildman–Crippen MR) is 328 cm³/mol. The van der Waals surface area contributed by atoms with E-state index >= 15 is 0 Å². The predicted octanol–water partition coefficient (Wildman–Crippen LogP) is 13.0. The molecule has 14 heteroatoms. The molecule has 0 radical (unpaired) electrons. The van der Waals surface area contributed by atoms with Crippen LogP contribution in [0.25, 0.3) is 0 Å². The van der Waals surface area contributed by atoms with E-state index in [1.807, 2.05) is 6.08 Å². The van der Waals surface area contributed by atoms with Gasteiger partial charge in [-0.15, -0.1) is 0 Å². The Kier molecular flexibility index (Phi) is 48.8. The number of carbonyl (C=O) groups excluding carboxylic acids is 1. The normalized spacial score (nSPS) is 24.3. The first-order valence-corrected chi connectivity index (χ1v) is 33.7. The lowest BCUT2D eigenvalue weighted by Crippen LogP contribution is -2.65. The Morgan fingerprint density at radius 2 is 0.790 bits per heavy atom. The van der Waals surface area contributed by atoms with Gasteiger partial charge in [-0.3, -0.25) is 4.79 Å². The first-order chi connectivity index (χ1) is 39.6. The van der Waals surface area contributed by atoms with Crippen LogP contribution in [-0.4, -0.2) is 140 Å². The van der Waals surface area contributed by atoms with Crippen molar-refractivity contribution in [3.63, 3.8) is 0 Å². The fourth-order valence-corrected chi connectivity index (χ4v) is 11.2. The summed E-state index contributed by atoms with van der Waals surface area (Å²) < 4.78 is 22.8. The Balaban J connectivity index is 1.65. The van der Waals surface area contributed by atoms with Gasteiger partial charge in [0, 0.05) is 6.42 Å². The van der Waals surface area contributed by atoms with E-state index in [4.69, 9.17) is 18.9 Å². The van der Waals surface area contributed by atoms with Gasteiger partial charge in [0.25, 0.3) is 0 Å². The van der Waals surface area contributed by atoms with E-state index in [0.717, 1.165) is 44.9 Å². The molecule has 0 bridgehead atoms. The zero-order valence-electron chi connectivity index (χ0n) is 51.5. The van der Waals surface area contributed by atoms with Crippen LogP contribution in [0.4, 0.5) is 0 Å². The average Bonchev–Trinajstić information content (AvgIpc) is 3.48. The van der Waals surface area contributed by atoms with Crippen LogP contribution in [0.15, 0.2) is 36.5 Å². The molecule has 0 aliphatic carbocycles. The number of aliphatic hydroxyl groups excluding tert-OH is 8. The summed E-state index contributed by atoms with van der Waals surface area (Å²) >= 11 is 0. The minimum Gasteiger partial charge on any atom is -0.394 e. The molecule has 0 saturated carbocycles. The third-order valence-electron chi connectivity index (χ3n) is 16.6. The molecule has 0 aromatic rings. The van der Waals surface area contributed by atoms with Gasteiger partial charge in [-0.25, -0.2) is 0 Å². The smallest absolute Gasteiger partial charge is 0.220 e. The van der Waals surface area contributed by atoms with Crippen LogP contribution in [0.5, 0.6) is 0 Å². The second kappa shape index (κ2) is 52.5. The van der Waals surface area contributed by atoms with Crippen molar-refractivity contribution in [3.05, 3.63) is 36.5 Å². The summed E-state index contributed by atoms with van der Waals surface area (Å²) in [6, 6.07) is -0.936. The lowest BCUT2D eigenvalue weighted by molar-refractivity contribution is -0.359. The van der Waals surface area contributed by atoms with Crippen LogP contribution >= 0.6 is 0 Å². The Bertz CT molecular complexity index is 1500. The summed E-state index contributed by atoms with van der Waals surface area (Å²) in [5, 5.41) is 87.2. The number of ether oxygens (including phenoxy) is 4. The van der Waals surface area contributed by atoms with E-state index in [0.29, 0.717) is 12.8 Å². The highest BCUT2D eigenvalue weighted by Crippen LogP contribution is 2.30. The molecule has 2 aliphatic heterocycles. The van der Waals surface area contributed by atoms with Gasteiger partial charge in [0.1, 0.15) is 48.8 Å². The van der Waals surface area contributed by atoms with Gasteiger partial charge in [0.15, 0.2) is 12.6 Å². The molecule has 2 rings (SSSR count). The maximum Gasteiger partial charge on any atom is 0.220 e. The minimum atomic E-state index is -1.79. The highest BCUT2D eigenvalue weighted by Gasteiger charge is 2.51. The van der Waals surface area contributed by atoms with Gasteiger partial charge >= 0.3 is 0 Å². The zero-order chi connectivity index (χ0) is 58.8. The van der Waals surface area contributed by atoms with Crippen molar-refractivity contribution in [3.8, 4) is 0 Å². The molecule has 9 N–H and O–H groups in total. The summed E-state index contributed by atoms with van der Waals surface area (Å²) in [6.07, 6.45) is 49.3. The maximum absolute atomic E-state index is 13.3. The van der Waals surface area contributed by atoms with Crippen LogP contribution in [-0.2, 0) is 23.7 Å². The molecule has 476 valence electrons. The van der Waals surface area contributed by atoms with E-state index in [-0.39, 0.29) is 18.9 Å². The van der Waals surface area contributed by atoms with Crippen LogP contribution in [0.1, 0.15) is 290 Å². The van der Waals surface area contributed by atoms with Crippen molar-refractivity contribution in [2.24, 2.45) is 0 Å². The van der Waals surface area contributed by atoms with E-state index in [1.54, 1.807) is 6.08 Å². The average molecular weight is 1150 g/mol. The summed E-state index contributed by atoms with van der Waals surface area (Å²) in [5.41, 5.74) is 0. The second-order valence-electron chi connectivity index (χ2n) is 23.9. The second-order valence-corrected chi connectivity index (χ2v) is 23.9. The molecular formula is C67H125NO13. The van der Waals surface area contributed by atoms with E-state index in [1.165, 1.54) is 212 Å². The van der Waals surface area contributed by atoms with E-state index < -0.39 is 86.8 Å². The number of allylic oxidation sites excluding steroid dienone is 5. The first-order valence-electron chi connectivity index (χ1n) is 33.7. The maximum atomic E-state index is 13.3. The van der Waals surface area contributed by atoms with Crippen molar-refractivity contribution in [1.29, 1.82) is 0 Å². The van der Waals surface area contributed by atoms with Crippen LogP contribution < -0.4 is 5.32 Å². The number of rotatable bonds is 55. The van der Waals surface area contributed by atoms with Crippen molar-refractivity contribution in [2.75, 3.05) is 19.8 Å². The van der Waals surface area contributed by atoms with Gasteiger partial charge in [-0.05, 0) is 44.9 Å². The van der Waals surface area contributed by atoms with Crippen LogP contribution in [0, 0.1) is 0 Å². The topological polar surface area (TPSA) is 228 Å². The Morgan fingerprint density at radius 1 is 0.432 bits per heavy atom. The molecule has 2 fully saturated rings. The number of amides is 1. The Labute approximate surface area is 493 Å². The van der Waals surface area contributed by atoms with Crippen molar-refractivity contribution in [1.82, 2.24) is 5.32 Å². The number of unbranched alkanes of at least 4 members (excludes halogenated alkanes) is 38. The molecule has 2 heterocycles. The van der Waals surface area contributed by atoms with Crippen molar-refractivity contribution in [2.45, 2.75) is 364 Å². The zero-order valence-corrected chi connectivity index (χ0v) is 51.5. The number of aliphatic hydroxyl groups is 8. The molecule has 0 aromatic carbocycles. The van der Waals surface area contributed by atoms with Crippen molar-refractivity contribution >= 4 is 5.91 Å². The van der Waals surface area contributed by atoms with E-state index in [9.17, 15) is 45.6 Å². The van der Waals surface area contributed by atoms with Crippen LogP contribution in [0.2, 0.25) is 0 Å². The highest BCUT2D eigenvalue weighted by molar-refractivity contribution is 5.76. The summed E-state index contributed by atoms with van der Waals surface area (Å²) in [6.45, 7) is 2.79. The summed E-state index contributed by atoms with van der Waals surface area (Å²) in [7, 11) is 0. The molecule has 0 spiro atoms. The lowest BCUT2D eigenvalue weighted by atomic mass is 9.97. The molecule has 14 nitrogen and oxygen atoms in total. The summed E-state index contributed by atoms with van der Waals surface area (Å²) in [4.78, 5) is 13.3. The van der Waals surface area contributed by atoms with Gasteiger partial charge in [0.05, 0.1) is 32.0 Å². The standard InChI is InChI=1S/C67H125NO13/c1-3-5-7-9-11-13-15-17-19-21-22-23-24-25-26-27-28-29-30-31-32-33-34-35-37-39-41-43-45-47-49-51-59(72)68-55(56(71)50-48-46-44-42-40-38-36-20-18-16-14-12-10-8-6-4-2)54-78-66-64(77)62(75)65(58(53-70)80-66)81-67-63(76)61(74)60(73)57(52-69)79-67/h18,20,40,42,48,50,55-58,60-67,69-71,73-77H,3-17,19,21-39,41,43-47,49,51-54H2,1-2H3,(H,68,72)/b20-18+,42-40+,50-48+. The molecule has 0 aromatic heterocycles. The van der Waals surface area contributed by atoms with Gasteiger partial charge in [-0.1, -0.05) is 275 Å². The number of hydrogen-bond acceptors (Lipinski definition) is 13. The number of nitrogens with one attached hydrogen (secondary N) is 1.